The molecule has 102 valence electrons. The molecule has 1 fully saturated rings. The van der Waals surface area contributed by atoms with Gasteiger partial charge >= 0.3 is 5.97 Å². The summed E-state index contributed by atoms with van der Waals surface area (Å²) in [5, 5.41) is 12.0. The van der Waals surface area contributed by atoms with Gasteiger partial charge in [0.25, 0.3) is 0 Å². The molecule has 1 aliphatic rings. The van der Waals surface area contributed by atoms with E-state index in [1.54, 1.807) is 12.1 Å². The summed E-state index contributed by atoms with van der Waals surface area (Å²) in [5.74, 6) is -1.86. The molecule has 0 aliphatic carbocycles. The first-order valence-corrected chi connectivity index (χ1v) is 6.06. The zero-order chi connectivity index (χ0) is 13.8. The first-order chi connectivity index (χ1) is 9.09. The zero-order valence-corrected chi connectivity index (χ0v) is 10.3. The molecule has 0 aromatic heterocycles. The van der Waals surface area contributed by atoms with Crippen LogP contribution in [0.4, 0.5) is 4.39 Å². The van der Waals surface area contributed by atoms with Crippen molar-refractivity contribution in [3.63, 3.8) is 0 Å². The van der Waals surface area contributed by atoms with E-state index in [1.165, 1.54) is 17.0 Å². The maximum absolute atomic E-state index is 13.5. The number of amides is 1. The molecule has 1 aromatic carbocycles. The lowest BCUT2D eigenvalue weighted by atomic mass is 10.1. The molecule has 1 amide bonds. The number of halogens is 1. The van der Waals surface area contributed by atoms with Crippen LogP contribution in [0, 0.1) is 5.82 Å². The van der Waals surface area contributed by atoms with Gasteiger partial charge in [0.1, 0.15) is 11.9 Å². The average Bonchev–Trinajstić information content (AvgIpc) is 2.41. The van der Waals surface area contributed by atoms with E-state index in [0.717, 1.165) is 0 Å². The minimum absolute atomic E-state index is 0.115. The predicted molar refractivity (Wildman–Crippen MR) is 66.1 cm³/mol. The van der Waals surface area contributed by atoms with Gasteiger partial charge in [0.2, 0.25) is 5.91 Å². The lowest BCUT2D eigenvalue weighted by Gasteiger charge is -2.33. The number of carbonyl (C=O) groups is 2. The van der Waals surface area contributed by atoms with E-state index in [4.69, 9.17) is 5.11 Å². The third kappa shape index (κ3) is 3.08. The second kappa shape index (κ2) is 5.79. The van der Waals surface area contributed by atoms with Crippen LogP contribution in [-0.4, -0.2) is 47.6 Å². The van der Waals surface area contributed by atoms with E-state index in [2.05, 4.69) is 5.32 Å². The van der Waals surface area contributed by atoms with Gasteiger partial charge in [-0.05, 0) is 11.6 Å². The van der Waals surface area contributed by atoms with Crippen molar-refractivity contribution in [2.24, 2.45) is 0 Å². The Labute approximate surface area is 110 Å². The van der Waals surface area contributed by atoms with Gasteiger partial charge in [-0.3, -0.25) is 4.79 Å². The summed E-state index contributed by atoms with van der Waals surface area (Å²) in [7, 11) is 0. The number of rotatable bonds is 3. The van der Waals surface area contributed by atoms with Crippen molar-refractivity contribution in [3.05, 3.63) is 35.6 Å². The number of carboxylic acids is 1. The summed E-state index contributed by atoms with van der Waals surface area (Å²) in [6.07, 6.45) is -0.115. The van der Waals surface area contributed by atoms with E-state index in [-0.39, 0.29) is 24.4 Å². The minimum Gasteiger partial charge on any atom is -0.480 e. The van der Waals surface area contributed by atoms with Crippen molar-refractivity contribution in [2.75, 3.05) is 19.6 Å². The van der Waals surface area contributed by atoms with Gasteiger partial charge in [-0.25, -0.2) is 9.18 Å². The molecule has 19 heavy (non-hydrogen) atoms. The number of nitrogens with zero attached hydrogens (tertiary/aromatic N) is 1. The largest absolute Gasteiger partial charge is 0.480 e. The molecule has 5 nitrogen and oxygen atoms in total. The highest BCUT2D eigenvalue weighted by Crippen LogP contribution is 2.11. The molecule has 1 unspecified atom stereocenters. The summed E-state index contributed by atoms with van der Waals surface area (Å²) in [6, 6.07) is 5.14. The molecule has 0 bridgehead atoms. The molecule has 6 heteroatoms. The summed E-state index contributed by atoms with van der Waals surface area (Å²) in [4.78, 5) is 24.5. The quantitative estimate of drug-likeness (QED) is 0.823. The SMILES string of the molecule is O=C(O)C1CNCCN1C(=O)Cc1ccccc1F. The number of carboxylic acid groups (broad SMARTS) is 1. The summed E-state index contributed by atoms with van der Waals surface area (Å²) < 4.78 is 13.5. The van der Waals surface area contributed by atoms with Crippen LogP contribution in [0.3, 0.4) is 0 Å². The average molecular weight is 266 g/mol. The van der Waals surface area contributed by atoms with E-state index >= 15 is 0 Å². The number of benzene rings is 1. The van der Waals surface area contributed by atoms with Crippen molar-refractivity contribution in [2.45, 2.75) is 12.5 Å². The normalized spacial score (nSPS) is 19.2. The van der Waals surface area contributed by atoms with E-state index < -0.39 is 17.8 Å². The fourth-order valence-electron chi connectivity index (χ4n) is 2.13. The molecule has 1 aliphatic heterocycles. The first-order valence-electron chi connectivity index (χ1n) is 6.06. The van der Waals surface area contributed by atoms with E-state index in [9.17, 15) is 14.0 Å². The van der Waals surface area contributed by atoms with Gasteiger partial charge in [0, 0.05) is 19.6 Å². The Morgan fingerprint density at radius 1 is 1.42 bits per heavy atom. The molecule has 1 aromatic rings. The van der Waals surface area contributed by atoms with Gasteiger partial charge < -0.3 is 15.3 Å². The molecule has 1 atom stereocenters. The fourth-order valence-corrected chi connectivity index (χ4v) is 2.13. The second-order valence-electron chi connectivity index (χ2n) is 4.41. The Morgan fingerprint density at radius 2 is 2.16 bits per heavy atom. The number of aliphatic carboxylic acids is 1. The Balaban J connectivity index is 2.10. The Hall–Kier alpha value is -1.95. The molecule has 2 N–H and O–H groups in total. The lowest BCUT2D eigenvalue weighted by molar-refractivity contribution is -0.151. The lowest BCUT2D eigenvalue weighted by Crippen LogP contribution is -2.57. The highest BCUT2D eigenvalue weighted by molar-refractivity contribution is 5.85. The third-order valence-corrected chi connectivity index (χ3v) is 3.15. The number of nitrogens with one attached hydrogen (secondary N) is 1. The molecule has 0 spiro atoms. The van der Waals surface area contributed by atoms with Gasteiger partial charge in [-0.1, -0.05) is 18.2 Å². The van der Waals surface area contributed by atoms with E-state index in [1.807, 2.05) is 0 Å². The molecule has 1 heterocycles. The first kappa shape index (κ1) is 13.5. The molecular formula is C13H15FN2O3. The summed E-state index contributed by atoms with van der Waals surface area (Å²) >= 11 is 0. The summed E-state index contributed by atoms with van der Waals surface area (Å²) in [6.45, 7) is 1.09. The maximum Gasteiger partial charge on any atom is 0.327 e. The van der Waals surface area contributed by atoms with Gasteiger partial charge in [-0.2, -0.15) is 0 Å². The monoisotopic (exact) mass is 266 g/mol. The highest BCUT2D eigenvalue weighted by Gasteiger charge is 2.31. The van der Waals surface area contributed by atoms with Crippen LogP contribution in [0.25, 0.3) is 0 Å². The van der Waals surface area contributed by atoms with Crippen LogP contribution in [0.5, 0.6) is 0 Å². The third-order valence-electron chi connectivity index (χ3n) is 3.15. The molecule has 2 rings (SSSR count). The van der Waals surface area contributed by atoms with Crippen molar-refractivity contribution in [3.8, 4) is 0 Å². The summed E-state index contributed by atoms with van der Waals surface area (Å²) in [5.41, 5.74) is 0.287. The molecule has 0 radical (unpaired) electrons. The standard InChI is InChI=1S/C13H15FN2O3/c14-10-4-2-1-3-9(10)7-12(17)16-6-5-15-8-11(16)13(18)19/h1-4,11,15H,5-8H2,(H,18,19). The van der Waals surface area contributed by atoms with Crippen LogP contribution in [-0.2, 0) is 16.0 Å². The van der Waals surface area contributed by atoms with Crippen molar-refractivity contribution in [1.82, 2.24) is 10.2 Å². The van der Waals surface area contributed by atoms with Crippen LogP contribution in [0.1, 0.15) is 5.56 Å². The van der Waals surface area contributed by atoms with Crippen molar-refractivity contribution in [1.29, 1.82) is 0 Å². The molecule has 0 saturated carbocycles. The van der Waals surface area contributed by atoms with Crippen molar-refractivity contribution < 1.29 is 19.1 Å². The second-order valence-corrected chi connectivity index (χ2v) is 4.41. The van der Waals surface area contributed by atoms with E-state index in [0.29, 0.717) is 13.1 Å². The van der Waals surface area contributed by atoms with Gasteiger partial charge in [0.05, 0.1) is 6.42 Å². The van der Waals surface area contributed by atoms with Gasteiger partial charge in [0.15, 0.2) is 0 Å². The number of piperazine rings is 1. The maximum atomic E-state index is 13.5. The Kier molecular flexibility index (Phi) is 4.11. The predicted octanol–water partition coefficient (Wildman–Crippen LogP) is 0.253. The number of carbonyl (C=O) groups excluding carboxylic acids is 1. The highest BCUT2D eigenvalue weighted by atomic mass is 19.1. The van der Waals surface area contributed by atoms with Crippen molar-refractivity contribution >= 4 is 11.9 Å². The number of hydrogen-bond donors (Lipinski definition) is 2. The zero-order valence-electron chi connectivity index (χ0n) is 10.3. The van der Waals surface area contributed by atoms with Crippen LogP contribution >= 0.6 is 0 Å². The molecular weight excluding hydrogens is 251 g/mol. The smallest absolute Gasteiger partial charge is 0.327 e. The fraction of sp³-hybridized carbons (Fsp3) is 0.385. The topological polar surface area (TPSA) is 69.6 Å². The van der Waals surface area contributed by atoms with Crippen LogP contribution in [0.15, 0.2) is 24.3 Å². The van der Waals surface area contributed by atoms with Crippen LogP contribution in [0.2, 0.25) is 0 Å². The van der Waals surface area contributed by atoms with Gasteiger partial charge in [-0.15, -0.1) is 0 Å². The Morgan fingerprint density at radius 3 is 2.84 bits per heavy atom. The number of hydrogen-bond acceptors (Lipinski definition) is 3. The molecule has 1 saturated heterocycles. The Bertz CT molecular complexity index is 493. The van der Waals surface area contributed by atoms with Crippen LogP contribution < -0.4 is 5.32 Å². The minimum atomic E-state index is -1.05.